The number of rotatable bonds is 7. The number of hydrogen-bond acceptors (Lipinski definition) is 6. The summed E-state index contributed by atoms with van der Waals surface area (Å²) >= 11 is 9.03. The van der Waals surface area contributed by atoms with Crippen LogP contribution in [0.4, 0.5) is 14.5 Å². The molecule has 11 heteroatoms. The third kappa shape index (κ3) is 5.16. The quantitative estimate of drug-likeness (QED) is 0.408. The normalized spacial score (nSPS) is 12.5. The van der Waals surface area contributed by atoms with Gasteiger partial charge in [0.2, 0.25) is 5.91 Å². The number of carbonyl (C=O) groups excluding carboxylic acids is 1. The van der Waals surface area contributed by atoms with Gasteiger partial charge in [0, 0.05) is 4.88 Å². The Kier molecular flexibility index (Phi) is 7.43. The molecular weight excluding hydrogens is 472 g/mol. The van der Waals surface area contributed by atoms with E-state index in [1.54, 1.807) is 13.0 Å². The van der Waals surface area contributed by atoms with Gasteiger partial charge in [0.1, 0.15) is 10.7 Å². The Balaban J connectivity index is 1.69. The molecule has 0 radical (unpaired) electrons. The van der Waals surface area contributed by atoms with Gasteiger partial charge in [-0.1, -0.05) is 29.4 Å². The highest BCUT2D eigenvalue weighted by Gasteiger charge is 2.20. The molecule has 0 fully saturated rings. The lowest BCUT2D eigenvalue weighted by molar-refractivity contribution is -0.115. The fraction of sp³-hybridized carbons (Fsp3) is 0.316. The minimum atomic E-state index is -2.66. The number of aromatic amines is 1. The Bertz CT molecular complexity index is 1150. The summed E-state index contributed by atoms with van der Waals surface area (Å²) in [4.78, 5) is 34.0. The van der Waals surface area contributed by atoms with Crippen LogP contribution in [-0.2, 0) is 10.5 Å². The highest BCUT2D eigenvalue weighted by atomic mass is 35.5. The lowest BCUT2D eigenvalue weighted by Crippen LogP contribution is -2.23. The van der Waals surface area contributed by atoms with Crippen molar-refractivity contribution in [2.75, 3.05) is 5.32 Å². The van der Waals surface area contributed by atoms with E-state index in [9.17, 15) is 18.4 Å². The number of thiophene rings is 1. The summed E-state index contributed by atoms with van der Waals surface area (Å²) in [5.74, 6) is -2.21. The van der Waals surface area contributed by atoms with E-state index < -0.39 is 11.0 Å². The molecule has 0 bridgehead atoms. The molecule has 2 aromatic heterocycles. The standard InChI is InChI=1S/C19H18ClF2N3O2S3/c1-8-9(2)29-18-14(8)17(27)24-13(25-18)7-28-10(3)16(26)23-12-6-4-5-11(20)15(12)30-19(21)22/h4-6,10,19H,7H2,1-3H3,(H,23,26)(H,24,25,27). The number of carbonyl (C=O) groups is 1. The molecule has 3 aromatic rings. The number of benzene rings is 1. The zero-order valence-electron chi connectivity index (χ0n) is 16.2. The van der Waals surface area contributed by atoms with Gasteiger partial charge in [-0.05, 0) is 38.5 Å². The Labute approximate surface area is 189 Å². The number of fused-ring (bicyclic) bond motifs is 1. The van der Waals surface area contributed by atoms with Crippen molar-refractivity contribution in [3.05, 3.63) is 49.8 Å². The van der Waals surface area contributed by atoms with Gasteiger partial charge >= 0.3 is 0 Å². The summed E-state index contributed by atoms with van der Waals surface area (Å²) in [6.45, 7) is 5.53. The van der Waals surface area contributed by atoms with Crippen molar-refractivity contribution in [3.63, 3.8) is 0 Å². The maximum absolute atomic E-state index is 12.8. The fourth-order valence-electron chi connectivity index (χ4n) is 2.70. The predicted octanol–water partition coefficient (Wildman–Crippen LogP) is 5.83. The van der Waals surface area contributed by atoms with Crippen molar-refractivity contribution in [3.8, 4) is 0 Å². The van der Waals surface area contributed by atoms with E-state index in [1.165, 1.54) is 35.2 Å². The first kappa shape index (κ1) is 23.1. The summed E-state index contributed by atoms with van der Waals surface area (Å²) in [7, 11) is 0. The average Bonchev–Trinajstić information content (AvgIpc) is 2.96. The molecule has 0 aliphatic rings. The Hall–Kier alpha value is -1.62. The third-order valence-electron chi connectivity index (χ3n) is 4.36. The number of nitrogens with one attached hydrogen (secondary N) is 2. The number of amides is 1. The van der Waals surface area contributed by atoms with Crippen LogP contribution in [0.3, 0.4) is 0 Å². The Morgan fingerprint density at radius 1 is 1.37 bits per heavy atom. The van der Waals surface area contributed by atoms with Gasteiger partial charge in [-0.25, -0.2) is 4.98 Å². The van der Waals surface area contributed by atoms with E-state index in [0.29, 0.717) is 21.8 Å². The summed E-state index contributed by atoms with van der Waals surface area (Å²) in [6.07, 6.45) is 0. The van der Waals surface area contributed by atoms with E-state index in [-0.39, 0.29) is 38.8 Å². The number of anilines is 1. The zero-order chi connectivity index (χ0) is 22.0. The molecule has 5 nitrogen and oxygen atoms in total. The van der Waals surface area contributed by atoms with Gasteiger partial charge in [-0.2, -0.15) is 8.78 Å². The molecule has 1 unspecified atom stereocenters. The number of thioether (sulfide) groups is 2. The highest BCUT2D eigenvalue weighted by molar-refractivity contribution is 8.00. The molecule has 1 aromatic carbocycles. The zero-order valence-corrected chi connectivity index (χ0v) is 19.4. The van der Waals surface area contributed by atoms with Crippen LogP contribution in [0.5, 0.6) is 0 Å². The van der Waals surface area contributed by atoms with Crippen molar-refractivity contribution < 1.29 is 13.6 Å². The van der Waals surface area contributed by atoms with Crippen LogP contribution < -0.4 is 10.9 Å². The van der Waals surface area contributed by atoms with Crippen molar-refractivity contribution in [1.29, 1.82) is 0 Å². The number of H-pyrrole nitrogens is 1. The van der Waals surface area contributed by atoms with E-state index in [2.05, 4.69) is 15.3 Å². The molecule has 1 atom stereocenters. The molecule has 0 aliphatic carbocycles. The number of nitrogens with zero attached hydrogens (tertiary/aromatic N) is 1. The van der Waals surface area contributed by atoms with Gasteiger partial charge < -0.3 is 10.3 Å². The largest absolute Gasteiger partial charge is 0.324 e. The lowest BCUT2D eigenvalue weighted by atomic mass is 10.2. The first-order chi connectivity index (χ1) is 14.2. The lowest BCUT2D eigenvalue weighted by Gasteiger charge is -2.15. The van der Waals surface area contributed by atoms with Crippen molar-refractivity contribution in [1.82, 2.24) is 9.97 Å². The van der Waals surface area contributed by atoms with Crippen LogP contribution in [0.25, 0.3) is 10.2 Å². The van der Waals surface area contributed by atoms with Gasteiger partial charge in [0.25, 0.3) is 11.3 Å². The molecular formula is C19H18ClF2N3O2S3. The van der Waals surface area contributed by atoms with Crippen molar-refractivity contribution in [2.45, 2.75) is 42.4 Å². The van der Waals surface area contributed by atoms with Gasteiger partial charge in [-0.15, -0.1) is 23.1 Å². The predicted molar refractivity (Wildman–Crippen MR) is 122 cm³/mol. The number of aromatic nitrogens is 2. The average molecular weight is 490 g/mol. The second-order valence-corrected chi connectivity index (χ2v) is 10.4. The van der Waals surface area contributed by atoms with Gasteiger partial charge in [-0.3, -0.25) is 9.59 Å². The molecule has 160 valence electrons. The first-order valence-corrected chi connectivity index (χ1v) is 11.9. The highest BCUT2D eigenvalue weighted by Crippen LogP contribution is 2.38. The fourth-order valence-corrected chi connectivity index (χ4v) is 5.41. The third-order valence-corrected chi connectivity index (χ3v) is 7.90. The SMILES string of the molecule is Cc1sc2nc(CSC(C)C(=O)Nc3cccc(Cl)c3SC(F)F)[nH]c(=O)c2c1C. The van der Waals surface area contributed by atoms with Crippen LogP contribution in [0.2, 0.25) is 5.02 Å². The van der Waals surface area contributed by atoms with Crippen molar-refractivity contribution >= 4 is 68.3 Å². The van der Waals surface area contributed by atoms with Crippen LogP contribution in [0, 0.1) is 13.8 Å². The van der Waals surface area contributed by atoms with Crippen LogP contribution in [-0.4, -0.2) is 26.9 Å². The maximum Gasteiger partial charge on any atom is 0.289 e. The number of aryl methyl sites for hydroxylation is 2. The molecule has 1 amide bonds. The van der Waals surface area contributed by atoms with E-state index >= 15 is 0 Å². The van der Waals surface area contributed by atoms with Gasteiger partial charge in [0.15, 0.2) is 0 Å². The topological polar surface area (TPSA) is 74.8 Å². The van der Waals surface area contributed by atoms with Gasteiger partial charge in [0.05, 0.1) is 32.0 Å². The monoisotopic (exact) mass is 489 g/mol. The number of alkyl halides is 2. The molecule has 0 aliphatic heterocycles. The van der Waals surface area contributed by atoms with Crippen LogP contribution in [0.1, 0.15) is 23.2 Å². The summed E-state index contributed by atoms with van der Waals surface area (Å²) in [5, 5.41) is 2.89. The van der Waals surface area contributed by atoms with E-state index in [0.717, 1.165) is 10.4 Å². The minimum Gasteiger partial charge on any atom is -0.324 e. The molecule has 0 spiro atoms. The van der Waals surface area contributed by atoms with E-state index in [4.69, 9.17) is 11.6 Å². The molecule has 2 N–H and O–H groups in total. The molecule has 30 heavy (non-hydrogen) atoms. The molecule has 2 heterocycles. The number of halogens is 3. The van der Waals surface area contributed by atoms with Crippen LogP contribution in [0.15, 0.2) is 27.9 Å². The van der Waals surface area contributed by atoms with Crippen LogP contribution >= 0.6 is 46.5 Å². The Morgan fingerprint density at radius 3 is 2.80 bits per heavy atom. The number of hydrogen-bond donors (Lipinski definition) is 2. The summed E-state index contributed by atoms with van der Waals surface area (Å²) < 4.78 is 25.6. The molecule has 0 saturated heterocycles. The minimum absolute atomic E-state index is 0.125. The summed E-state index contributed by atoms with van der Waals surface area (Å²) in [5.41, 5.74) is 0.972. The molecule has 0 saturated carbocycles. The second kappa shape index (κ2) is 9.67. The van der Waals surface area contributed by atoms with E-state index in [1.807, 2.05) is 13.8 Å². The maximum atomic E-state index is 12.8. The second-order valence-electron chi connectivity index (χ2n) is 6.41. The Morgan fingerprint density at radius 2 is 2.10 bits per heavy atom. The smallest absolute Gasteiger partial charge is 0.289 e. The van der Waals surface area contributed by atoms with Crippen molar-refractivity contribution in [2.24, 2.45) is 0 Å². The summed E-state index contributed by atoms with van der Waals surface area (Å²) in [6, 6.07) is 4.60. The molecule has 3 rings (SSSR count). The first-order valence-electron chi connectivity index (χ1n) is 8.82.